The van der Waals surface area contributed by atoms with Crippen LogP contribution in [0.5, 0.6) is 5.75 Å². The Morgan fingerprint density at radius 2 is 1.80 bits per heavy atom. The van der Waals surface area contributed by atoms with Crippen molar-refractivity contribution < 1.29 is 4.74 Å². The highest BCUT2D eigenvalue weighted by Gasteiger charge is 2.19. The fourth-order valence-corrected chi connectivity index (χ4v) is 4.00. The highest BCUT2D eigenvalue weighted by atomic mass is 16.5. The molecule has 0 amide bonds. The largest absolute Gasteiger partial charge is 0.497 e. The predicted molar refractivity (Wildman–Crippen MR) is 122 cm³/mol. The van der Waals surface area contributed by atoms with E-state index in [1.54, 1.807) is 7.11 Å². The Kier molecular flexibility index (Phi) is 7.69. The van der Waals surface area contributed by atoms with Crippen LogP contribution in [0.1, 0.15) is 22.7 Å². The summed E-state index contributed by atoms with van der Waals surface area (Å²) in [5.41, 5.74) is 4.36. The first kappa shape index (κ1) is 22.1. The Labute approximate surface area is 180 Å². The second kappa shape index (κ2) is 10.4. The Hall–Kier alpha value is -2.59. The molecule has 2 aromatic rings. The van der Waals surface area contributed by atoms with Crippen LogP contribution in [0.2, 0.25) is 0 Å². The third-order valence-corrected chi connectivity index (χ3v) is 5.75. The minimum Gasteiger partial charge on any atom is -0.497 e. The first-order chi connectivity index (χ1) is 14.5. The molecule has 1 fully saturated rings. The number of likely N-dealkylation sites (N-methyl/N-ethyl adjacent to an activating group) is 2. The van der Waals surface area contributed by atoms with Crippen molar-refractivity contribution >= 4 is 5.69 Å². The zero-order valence-electron chi connectivity index (χ0n) is 18.6. The van der Waals surface area contributed by atoms with Crippen molar-refractivity contribution in [3.05, 3.63) is 59.2 Å². The van der Waals surface area contributed by atoms with E-state index in [1.165, 1.54) is 11.3 Å². The number of piperazine rings is 1. The average molecular weight is 408 g/mol. The Morgan fingerprint density at radius 3 is 2.37 bits per heavy atom. The fraction of sp³-hybridized carbons (Fsp3) is 0.458. The molecule has 0 saturated carbocycles. The van der Waals surface area contributed by atoms with Crippen LogP contribution in [-0.4, -0.2) is 70.8 Å². The number of hydrogen-bond donors (Lipinski definition) is 1. The normalized spacial score (nSPS) is 15.8. The van der Waals surface area contributed by atoms with E-state index < -0.39 is 0 Å². The zero-order chi connectivity index (χ0) is 21.5. The molecule has 160 valence electrons. The van der Waals surface area contributed by atoms with Gasteiger partial charge in [0.1, 0.15) is 5.75 Å². The molecule has 0 aliphatic carbocycles. The van der Waals surface area contributed by atoms with Gasteiger partial charge in [-0.05, 0) is 62.6 Å². The standard InChI is InChI=1S/C24H33N5O/c1-26-24(18-27(2)3)19-5-6-20(16-25)21(15-19)17-28-11-13-29(14-12-28)22-7-9-23(30-4)10-8-22/h5-10,15,24,26H,11-14,17-18H2,1-4H3. The van der Waals surface area contributed by atoms with Gasteiger partial charge in [-0.2, -0.15) is 5.26 Å². The van der Waals surface area contributed by atoms with Crippen LogP contribution in [0.4, 0.5) is 5.69 Å². The Balaban J connectivity index is 1.66. The monoisotopic (exact) mass is 407 g/mol. The molecule has 1 N–H and O–H groups in total. The van der Waals surface area contributed by atoms with Gasteiger partial charge in [-0.1, -0.05) is 12.1 Å². The van der Waals surface area contributed by atoms with Gasteiger partial charge < -0.3 is 19.9 Å². The summed E-state index contributed by atoms with van der Waals surface area (Å²) in [6, 6.07) is 17.1. The molecular weight excluding hydrogens is 374 g/mol. The van der Waals surface area contributed by atoms with Crippen molar-refractivity contribution in [2.24, 2.45) is 0 Å². The Morgan fingerprint density at radius 1 is 1.10 bits per heavy atom. The molecule has 1 atom stereocenters. The maximum absolute atomic E-state index is 9.60. The van der Waals surface area contributed by atoms with E-state index >= 15 is 0 Å². The van der Waals surface area contributed by atoms with Gasteiger partial charge in [0.2, 0.25) is 0 Å². The summed E-state index contributed by atoms with van der Waals surface area (Å²) in [7, 11) is 7.84. The van der Waals surface area contributed by atoms with Gasteiger partial charge in [-0.25, -0.2) is 0 Å². The zero-order valence-corrected chi connectivity index (χ0v) is 18.6. The van der Waals surface area contributed by atoms with Crippen molar-refractivity contribution in [3.63, 3.8) is 0 Å². The first-order valence-electron chi connectivity index (χ1n) is 10.5. The molecule has 0 aromatic heterocycles. The third-order valence-electron chi connectivity index (χ3n) is 5.75. The molecule has 30 heavy (non-hydrogen) atoms. The summed E-state index contributed by atoms with van der Waals surface area (Å²) in [5, 5.41) is 13.0. The molecule has 1 unspecified atom stereocenters. The van der Waals surface area contributed by atoms with Crippen LogP contribution in [-0.2, 0) is 6.54 Å². The summed E-state index contributed by atoms with van der Waals surface area (Å²) in [4.78, 5) is 7.03. The molecule has 1 aliphatic rings. The van der Waals surface area contributed by atoms with Crippen molar-refractivity contribution in [2.75, 3.05) is 65.9 Å². The maximum atomic E-state index is 9.60. The summed E-state index contributed by atoms with van der Waals surface area (Å²) in [5.74, 6) is 0.885. The molecule has 3 rings (SSSR count). The highest BCUT2D eigenvalue weighted by Crippen LogP contribution is 2.23. The minimum atomic E-state index is 0.249. The molecule has 1 heterocycles. The van der Waals surface area contributed by atoms with Gasteiger partial charge in [0.25, 0.3) is 0 Å². The SMILES string of the molecule is CNC(CN(C)C)c1ccc(C#N)c(CN2CCN(c3ccc(OC)cc3)CC2)c1. The van der Waals surface area contributed by atoms with E-state index in [0.717, 1.165) is 56.1 Å². The molecule has 1 aliphatic heterocycles. The van der Waals surface area contributed by atoms with E-state index in [4.69, 9.17) is 4.74 Å². The van der Waals surface area contributed by atoms with E-state index in [-0.39, 0.29) is 6.04 Å². The fourth-order valence-electron chi connectivity index (χ4n) is 4.00. The van der Waals surface area contributed by atoms with Crippen LogP contribution in [0.15, 0.2) is 42.5 Å². The molecule has 0 bridgehead atoms. The van der Waals surface area contributed by atoms with Crippen LogP contribution < -0.4 is 15.0 Å². The van der Waals surface area contributed by atoms with Crippen LogP contribution in [0.25, 0.3) is 0 Å². The van der Waals surface area contributed by atoms with Crippen molar-refractivity contribution in [1.82, 2.24) is 15.1 Å². The van der Waals surface area contributed by atoms with Crippen LogP contribution >= 0.6 is 0 Å². The summed E-state index contributed by atoms with van der Waals surface area (Å²) < 4.78 is 5.26. The summed E-state index contributed by atoms with van der Waals surface area (Å²) in [6.07, 6.45) is 0. The van der Waals surface area contributed by atoms with Gasteiger partial charge in [-0.15, -0.1) is 0 Å². The first-order valence-corrected chi connectivity index (χ1v) is 10.5. The summed E-state index contributed by atoms with van der Waals surface area (Å²) in [6.45, 7) is 5.65. The van der Waals surface area contributed by atoms with E-state index in [1.807, 2.05) is 25.2 Å². The van der Waals surface area contributed by atoms with Gasteiger partial charge in [0.05, 0.1) is 18.7 Å². The van der Waals surface area contributed by atoms with Crippen molar-refractivity contribution in [1.29, 1.82) is 5.26 Å². The number of ether oxygens (including phenoxy) is 1. The molecule has 6 nitrogen and oxygen atoms in total. The lowest BCUT2D eigenvalue weighted by Gasteiger charge is -2.36. The van der Waals surface area contributed by atoms with E-state index in [2.05, 4.69) is 64.4 Å². The molecule has 0 spiro atoms. The van der Waals surface area contributed by atoms with Crippen LogP contribution in [0, 0.1) is 11.3 Å². The lowest BCUT2D eigenvalue weighted by Crippen LogP contribution is -2.46. The maximum Gasteiger partial charge on any atom is 0.119 e. The topological polar surface area (TPSA) is 54.8 Å². The second-order valence-corrected chi connectivity index (χ2v) is 8.09. The number of nitriles is 1. The quantitative estimate of drug-likeness (QED) is 0.726. The summed E-state index contributed by atoms with van der Waals surface area (Å²) >= 11 is 0. The lowest BCUT2D eigenvalue weighted by molar-refractivity contribution is 0.249. The van der Waals surface area contributed by atoms with E-state index in [0.29, 0.717) is 0 Å². The number of anilines is 1. The second-order valence-electron chi connectivity index (χ2n) is 8.09. The number of methoxy groups -OCH3 is 1. The molecule has 2 aromatic carbocycles. The molecular formula is C24H33N5O. The number of hydrogen-bond acceptors (Lipinski definition) is 6. The van der Waals surface area contributed by atoms with Gasteiger partial charge in [0.15, 0.2) is 0 Å². The lowest BCUT2D eigenvalue weighted by atomic mass is 9.99. The van der Waals surface area contributed by atoms with Gasteiger partial charge in [-0.3, -0.25) is 4.90 Å². The third kappa shape index (κ3) is 5.51. The smallest absolute Gasteiger partial charge is 0.119 e. The molecule has 1 saturated heterocycles. The molecule has 6 heteroatoms. The van der Waals surface area contributed by atoms with E-state index in [9.17, 15) is 5.26 Å². The van der Waals surface area contributed by atoms with Crippen LogP contribution in [0.3, 0.4) is 0 Å². The highest BCUT2D eigenvalue weighted by molar-refractivity contribution is 5.49. The van der Waals surface area contributed by atoms with Crippen molar-refractivity contribution in [3.8, 4) is 11.8 Å². The van der Waals surface area contributed by atoms with Gasteiger partial charge >= 0.3 is 0 Å². The predicted octanol–water partition coefficient (Wildman–Crippen LogP) is 2.71. The number of nitrogens with zero attached hydrogens (tertiary/aromatic N) is 4. The molecule has 0 radical (unpaired) electrons. The van der Waals surface area contributed by atoms with Gasteiger partial charge in [0, 0.05) is 51.0 Å². The number of nitrogens with one attached hydrogen (secondary N) is 1. The number of benzene rings is 2. The number of rotatable bonds is 8. The minimum absolute atomic E-state index is 0.249. The average Bonchev–Trinajstić information content (AvgIpc) is 2.78. The van der Waals surface area contributed by atoms with Crippen molar-refractivity contribution in [2.45, 2.75) is 12.6 Å². The Bertz CT molecular complexity index is 851.